The monoisotopic (exact) mass is 320 g/mol. The molecule has 0 saturated carbocycles. The van der Waals surface area contributed by atoms with Crippen molar-refractivity contribution in [2.24, 2.45) is 0 Å². The minimum absolute atomic E-state index is 0.0243. The number of aromatic nitrogens is 5. The molecular formula is C14H20N6OS. The van der Waals surface area contributed by atoms with Gasteiger partial charge in [-0.05, 0) is 43.0 Å². The van der Waals surface area contributed by atoms with Gasteiger partial charge in [0.05, 0.1) is 17.2 Å². The van der Waals surface area contributed by atoms with E-state index in [1.165, 1.54) is 29.8 Å². The minimum Gasteiger partial charge on any atom is -0.356 e. The van der Waals surface area contributed by atoms with Crippen LogP contribution in [0.25, 0.3) is 0 Å². The highest BCUT2D eigenvalue weighted by Crippen LogP contribution is 2.26. The van der Waals surface area contributed by atoms with Gasteiger partial charge in [-0.3, -0.25) is 4.79 Å². The Hall–Kier alpha value is -1.83. The number of tetrazole rings is 1. The van der Waals surface area contributed by atoms with Crippen LogP contribution in [0.2, 0.25) is 0 Å². The fraction of sp³-hybridized carbons (Fsp3) is 0.643. The van der Waals surface area contributed by atoms with E-state index in [-0.39, 0.29) is 5.91 Å². The Morgan fingerprint density at radius 2 is 2.23 bits per heavy atom. The van der Waals surface area contributed by atoms with Crippen LogP contribution in [-0.4, -0.2) is 37.6 Å². The fourth-order valence-corrected chi connectivity index (χ4v) is 3.73. The van der Waals surface area contributed by atoms with Crippen molar-refractivity contribution in [3.8, 4) is 0 Å². The van der Waals surface area contributed by atoms with Gasteiger partial charge in [-0.1, -0.05) is 0 Å². The first-order valence-corrected chi connectivity index (χ1v) is 8.51. The van der Waals surface area contributed by atoms with E-state index in [9.17, 15) is 4.79 Å². The van der Waals surface area contributed by atoms with Crippen LogP contribution in [0.5, 0.6) is 0 Å². The first-order chi connectivity index (χ1) is 10.7. The number of rotatable bonds is 6. The predicted molar refractivity (Wildman–Crippen MR) is 82.6 cm³/mol. The second-order valence-electron chi connectivity index (χ2n) is 5.48. The second kappa shape index (κ2) is 6.95. The van der Waals surface area contributed by atoms with Gasteiger partial charge in [0.1, 0.15) is 5.82 Å². The molecule has 1 aliphatic carbocycles. The Kier molecular flexibility index (Phi) is 4.77. The third kappa shape index (κ3) is 3.68. The molecule has 22 heavy (non-hydrogen) atoms. The van der Waals surface area contributed by atoms with Crippen LogP contribution in [0.4, 0.5) is 0 Å². The van der Waals surface area contributed by atoms with Crippen molar-refractivity contribution in [3.05, 3.63) is 21.4 Å². The zero-order chi connectivity index (χ0) is 15.4. The third-order valence-corrected chi connectivity index (χ3v) is 5.03. The van der Waals surface area contributed by atoms with E-state index in [4.69, 9.17) is 0 Å². The number of nitrogens with zero attached hydrogens (tertiary/aromatic N) is 5. The van der Waals surface area contributed by atoms with Crippen molar-refractivity contribution in [1.82, 2.24) is 30.5 Å². The molecule has 1 amide bonds. The molecule has 2 aromatic rings. The summed E-state index contributed by atoms with van der Waals surface area (Å²) in [6, 6.07) is 0. The van der Waals surface area contributed by atoms with Crippen molar-refractivity contribution in [2.75, 3.05) is 6.54 Å². The summed E-state index contributed by atoms with van der Waals surface area (Å²) in [5.74, 6) is 0.748. The van der Waals surface area contributed by atoms with Gasteiger partial charge in [-0.25, -0.2) is 9.67 Å². The van der Waals surface area contributed by atoms with Crippen LogP contribution in [0.3, 0.4) is 0 Å². The average Bonchev–Trinajstić information content (AvgIpc) is 3.10. The van der Waals surface area contributed by atoms with Crippen molar-refractivity contribution in [3.63, 3.8) is 0 Å². The zero-order valence-electron chi connectivity index (χ0n) is 12.7. The number of aryl methyl sites for hydroxylation is 4. The molecule has 118 valence electrons. The van der Waals surface area contributed by atoms with Crippen LogP contribution in [0, 0.1) is 6.92 Å². The molecule has 3 rings (SSSR count). The van der Waals surface area contributed by atoms with Gasteiger partial charge in [-0.2, -0.15) is 0 Å². The van der Waals surface area contributed by atoms with E-state index in [2.05, 4.69) is 25.8 Å². The third-order valence-electron chi connectivity index (χ3n) is 3.81. The van der Waals surface area contributed by atoms with Crippen LogP contribution in [0.15, 0.2) is 0 Å². The molecule has 0 bridgehead atoms. The summed E-state index contributed by atoms with van der Waals surface area (Å²) in [5, 5.41) is 15.3. The Labute approximate surface area is 133 Å². The van der Waals surface area contributed by atoms with E-state index in [1.807, 2.05) is 18.3 Å². The molecule has 0 fully saturated rings. The van der Waals surface area contributed by atoms with E-state index < -0.39 is 0 Å². The van der Waals surface area contributed by atoms with E-state index in [0.717, 1.165) is 23.7 Å². The Balaban J connectivity index is 1.40. The summed E-state index contributed by atoms with van der Waals surface area (Å²) < 4.78 is 1.63. The maximum atomic E-state index is 11.8. The first-order valence-electron chi connectivity index (χ1n) is 7.69. The lowest BCUT2D eigenvalue weighted by atomic mass is 10.0. The summed E-state index contributed by atoms with van der Waals surface area (Å²) >= 11 is 1.81. The Bertz CT molecular complexity index is 626. The lowest BCUT2D eigenvalue weighted by molar-refractivity contribution is -0.121. The molecule has 1 aliphatic rings. The molecular weight excluding hydrogens is 300 g/mol. The molecule has 8 heteroatoms. The predicted octanol–water partition coefficient (Wildman–Crippen LogP) is 1.07. The number of carbonyl (C=O) groups excluding carboxylic acids is 1. The number of nitrogens with one attached hydrogen (secondary N) is 1. The highest BCUT2D eigenvalue weighted by Gasteiger charge is 2.14. The van der Waals surface area contributed by atoms with Gasteiger partial charge in [-0.15, -0.1) is 16.4 Å². The highest BCUT2D eigenvalue weighted by atomic mass is 32.1. The number of amides is 1. The average molecular weight is 320 g/mol. The summed E-state index contributed by atoms with van der Waals surface area (Å²) in [6.45, 7) is 2.97. The van der Waals surface area contributed by atoms with E-state index >= 15 is 0 Å². The Morgan fingerprint density at radius 3 is 3.00 bits per heavy atom. The number of hydrogen-bond donors (Lipinski definition) is 1. The molecule has 0 aliphatic heterocycles. The van der Waals surface area contributed by atoms with E-state index in [0.29, 0.717) is 19.5 Å². The van der Waals surface area contributed by atoms with Gasteiger partial charge >= 0.3 is 0 Å². The molecule has 0 aromatic carbocycles. The topological polar surface area (TPSA) is 85.6 Å². The highest BCUT2D eigenvalue weighted by molar-refractivity contribution is 7.11. The number of hydrogen-bond acceptors (Lipinski definition) is 6. The standard InChI is InChI=1S/C14H20N6OS/c1-10-17-18-19-20(10)9-7-13(21)15-8-6-14-16-11-4-2-3-5-12(11)22-14/h2-9H2,1H3,(H,15,21). The van der Waals surface area contributed by atoms with Crippen LogP contribution >= 0.6 is 11.3 Å². The van der Waals surface area contributed by atoms with Crippen LogP contribution in [-0.2, 0) is 30.6 Å². The van der Waals surface area contributed by atoms with E-state index in [1.54, 1.807) is 4.68 Å². The number of carbonyl (C=O) groups is 1. The smallest absolute Gasteiger partial charge is 0.221 e. The van der Waals surface area contributed by atoms with Gasteiger partial charge in [0.25, 0.3) is 0 Å². The summed E-state index contributed by atoms with van der Waals surface area (Å²) in [6.07, 6.45) is 6.02. The quantitative estimate of drug-likeness (QED) is 0.860. The van der Waals surface area contributed by atoms with Crippen LogP contribution < -0.4 is 5.32 Å². The van der Waals surface area contributed by atoms with Gasteiger partial charge < -0.3 is 5.32 Å². The number of fused-ring (bicyclic) bond motifs is 1. The van der Waals surface area contributed by atoms with Gasteiger partial charge in [0, 0.05) is 24.3 Å². The molecule has 7 nitrogen and oxygen atoms in total. The SMILES string of the molecule is Cc1nnnn1CCC(=O)NCCc1nc2c(s1)CCCC2. The lowest BCUT2D eigenvalue weighted by Crippen LogP contribution is -2.26. The molecule has 2 heterocycles. The maximum absolute atomic E-state index is 11.8. The van der Waals surface area contributed by atoms with Crippen molar-refractivity contribution >= 4 is 17.2 Å². The van der Waals surface area contributed by atoms with Crippen LogP contribution in [0.1, 0.15) is 40.7 Å². The number of thiazole rings is 1. The molecule has 1 N–H and O–H groups in total. The molecule has 2 aromatic heterocycles. The normalized spacial score (nSPS) is 13.9. The molecule has 0 radical (unpaired) electrons. The molecule has 0 atom stereocenters. The van der Waals surface area contributed by atoms with Crippen molar-refractivity contribution in [1.29, 1.82) is 0 Å². The largest absolute Gasteiger partial charge is 0.356 e. The maximum Gasteiger partial charge on any atom is 0.221 e. The van der Waals surface area contributed by atoms with Gasteiger partial charge in [0.15, 0.2) is 0 Å². The summed E-state index contributed by atoms with van der Waals surface area (Å²) in [7, 11) is 0. The van der Waals surface area contributed by atoms with Crippen molar-refractivity contribution in [2.45, 2.75) is 52.0 Å². The van der Waals surface area contributed by atoms with Gasteiger partial charge in [0.2, 0.25) is 5.91 Å². The summed E-state index contributed by atoms with van der Waals surface area (Å²) in [4.78, 5) is 18.0. The second-order valence-corrected chi connectivity index (χ2v) is 6.65. The molecule has 0 saturated heterocycles. The molecule has 0 unspecified atom stereocenters. The minimum atomic E-state index is 0.0243. The molecule has 0 spiro atoms. The summed E-state index contributed by atoms with van der Waals surface area (Å²) in [5.41, 5.74) is 1.28. The Morgan fingerprint density at radius 1 is 1.36 bits per heavy atom. The van der Waals surface area contributed by atoms with Crippen molar-refractivity contribution < 1.29 is 4.79 Å². The zero-order valence-corrected chi connectivity index (χ0v) is 13.5. The fourth-order valence-electron chi connectivity index (χ4n) is 2.57. The lowest BCUT2D eigenvalue weighted by Gasteiger charge is -2.06. The first kappa shape index (κ1) is 15.1.